The molecule has 3 N–H and O–H groups in total. The molecule has 0 unspecified atom stereocenters. The molecule has 0 fully saturated rings. The van der Waals surface area contributed by atoms with Crippen LogP contribution in [0.1, 0.15) is 37.2 Å². The molecule has 100 valence electrons. The fourth-order valence-corrected chi connectivity index (χ4v) is 2.48. The van der Waals surface area contributed by atoms with Gasteiger partial charge in [-0.3, -0.25) is 9.78 Å². The molecule has 0 aliphatic carbocycles. The molecule has 0 atom stereocenters. The fraction of sp³-hybridized carbons (Fsp3) is 0.583. The molecule has 0 aromatic carbocycles. The van der Waals surface area contributed by atoms with Gasteiger partial charge in [-0.25, -0.2) is 4.98 Å². The van der Waals surface area contributed by atoms with Crippen molar-refractivity contribution in [2.45, 2.75) is 31.4 Å². The van der Waals surface area contributed by atoms with Crippen LogP contribution >= 0.6 is 11.8 Å². The molecule has 18 heavy (non-hydrogen) atoms. The summed E-state index contributed by atoms with van der Waals surface area (Å²) in [5.41, 5.74) is 5.76. The number of thioether (sulfide) groups is 1. The van der Waals surface area contributed by atoms with Crippen LogP contribution in [0.3, 0.4) is 0 Å². The van der Waals surface area contributed by atoms with E-state index in [0.717, 1.165) is 12.8 Å². The molecule has 1 heterocycles. The van der Waals surface area contributed by atoms with E-state index in [4.69, 9.17) is 5.73 Å². The summed E-state index contributed by atoms with van der Waals surface area (Å²) in [4.78, 5) is 19.7. The van der Waals surface area contributed by atoms with Gasteiger partial charge in [0.25, 0.3) is 5.91 Å². The number of rotatable bonds is 6. The van der Waals surface area contributed by atoms with Crippen LogP contribution in [-0.2, 0) is 0 Å². The highest BCUT2D eigenvalue weighted by Crippen LogP contribution is 2.29. The summed E-state index contributed by atoms with van der Waals surface area (Å²) < 4.78 is 0.0867. The van der Waals surface area contributed by atoms with Gasteiger partial charge in [-0.05, 0) is 19.1 Å². The number of nitrogens with zero attached hydrogens (tertiary/aromatic N) is 2. The number of aromatic nitrogens is 2. The molecule has 0 saturated carbocycles. The van der Waals surface area contributed by atoms with Crippen LogP contribution < -0.4 is 11.1 Å². The Morgan fingerprint density at radius 2 is 2.11 bits per heavy atom. The average molecular weight is 268 g/mol. The zero-order valence-corrected chi connectivity index (χ0v) is 11.9. The Kier molecular flexibility index (Phi) is 5.40. The normalized spacial score (nSPS) is 11.3. The van der Waals surface area contributed by atoms with Crippen LogP contribution in [0, 0.1) is 0 Å². The molecule has 0 radical (unpaired) electrons. The third-order valence-corrected chi connectivity index (χ3v) is 4.77. The standard InChI is InChI=1S/C12H20N4OS/c1-4-12(5-2,18-3)8-15-11(17)9-6-14-7-10(13)16-9/h6-7H,4-5,8H2,1-3H3,(H2,13,16)(H,15,17). The minimum atomic E-state index is -0.227. The summed E-state index contributed by atoms with van der Waals surface area (Å²) in [6.07, 6.45) is 6.92. The first-order chi connectivity index (χ1) is 8.56. The minimum absolute atomic E-state index is 0.0867. The zero-order valence-electron chi connectivity index (χ0n) is 11.1. The zero-order chi connectivity index (χ0) is 13.6. The van der Waals surface area contributed by atoms with E-state index in [1.807, 2.05) is 0 Å². The molecule has 0 bridgehead atoms. The average Bonchev–Trinajstić information content (AvgIpc) is 2.40. The molecule has 0 saturated heterocycles. The van der Waals surface area contributed by atoms with Crippen LogP contribution in [-0.4, -0.2) is 33.4 Å². The van der Waals surface area contributed by atoms with Crippen molar-refractivity contribution in [3.8, 4) is 0 Å². The summed E-state index contributed by atoms with van der Waals surface area (Å²) in [5, 5.41) is 2.90. The maximum absolute atomic E-state index is 11.9. The number of hydrogen-bond donors (Lipinski definition) is 2. The molecule has 0 aliphatic rings. The third kappa shape index (κ3) is 3.60. The highest BCUT2D eigenvalue weighted by molar-refractivity contribution is 8.00. The quantitative estimate of drug-likeness (QED) is 0.821. The molecule has 0 spiro atoms. The molecule has 5 nitrogen and oxygen atoms in total. The fourth-order valence-electron chi connectivity index (χ4n) is 1.68. The van der Waals surface area contributed by atoms with E-state index in [0.29, 0.717) is 6.54 Å². The SMILES string of the molecule is CCC(CC)(CNC(=O)c1cncc(N)n1)SC. The van der Waals surface area contributed by atoms with Gasteiger partial charge in [0.2, 0.25) is 0 Å². The predicted molar refractivity (Wildman–Crippen MR) is 75.6 cm³/mol. The lowest BCUT2D eigenvalue weighted by Crippen LogP contribution is -2.39. The van der Waals surface area contributed by atoms with Gasteiger partial charge in [0.05, 0.1) is 12.4 Å². The van der Waals surface area contributed by atoms with Crippen molar-refractivity contribution in [2.24, 2.45) is 0 Å². The number of hydrogen-bond acceptors (Lipinski definition) is 5. The van der Waals surface area contributed by atoms with Crippen molar-refractivity contribution in [3.05, 3.63) is 18.1 Å². The van der Waals surface area contributed by atoms with Crippen LogP contribution in [0.5, 0.6) is 0 Å². The number of nitrogens with one attached hydrogen (secondary N) is 1. The van der Waals surface area contributed by atoms with E-state index in [9.17, 15) is 4.79 Å². The molecule has 1 rings (SSSR count). The first-order valence-corrected chi connectivity index (χ1v) is 7.20. The first-order valence-electron chi connectivity index (χ1n) is 5.97. The Labute approximate surface area is 112 Å². The summed E-state index contributed by atoms with van der Waals surface area (Å²) >= 11 is 1.78. The summed E-state index contributed by atoms with van der Waals surface area (Å²) in [7, 11) is 0. The number of nitrogens with two attached hydrogens (primary N) is 1. The Balaban J connectivity index is 2.66. The lowest BCUT2D eigenvalue weighted by Gasteiger charge is -2.29. The summed E-state index contributed by atoms with van der Waals surface area (Å²) in [6.45, 7) is 4.88. The van der Waals surface area contributed by atoms with Crippen molar-refractivity contribution in [2.75, 3.05) is 18.5 Å². The van der Waals surface area contributed by atoms with Gasteiger partial charge < -0.3 is 11.1 Å². The third-order valence-electron chi connectivity index (χ3n) is 3.18. The van der Waals surface area contributed by atoms with Crippen molar-refractivity contribution < 1.29 is 4.79 Å². The molecular formula is C12H20N4OS. The van der Waals surface area contributed by atoms with E-state index >= 15 is 0 Å². The van der Waals surface area contributed by atoms with E-state index in [1.165, 1.54) is 12.4 Å². The van der Waals surface area contributed by atoms with Gasteiger partial charge in [-0.15, -0.1) is 0 Å². The maximum atomic E-state index is 11.9. The largest absolute Gasteiger partial charge is 0.382 e. The summed E-state index contributed by atoms with van der Waals surface area (Å²) in [5.74, 6) is 0.0277. The number of carbonyl (C=O) groups excluding carboxylic acids is 1. The van der Waals surface area contributed by atoms with Gasteiger partial charge in [0.15, 0.2) is 0 Å². The Morgan fingerprint density at radius 3 is 2.61 bits per heavy atom. The van der Waals surface area contributed by atoms with E-state index in [2.05, 4.69) is 35.4 Å². The van der Waals surface area contributed by atoms with Crippen molar-refractivity contribution in [3.63, 3.8) is 0 Å². The van der Waals surface area contributed by atoms with Gasteiger partial charge in [0, 0.05) is 11.3 Å². The van der Waals surface area contributed by atoms with E-state index < -0.39 is 0 Å². The van der Waals surface area contributed by atoms with Gasteiger partial charge >= 0.3 is 0 Å². The van der Waals surface area contributed by atoms with Gasteiger partial charge in [-0.1, -0.05) is 13.8 Å². The van der Waals surface area contributed by atoms with Crippen molar-refractivity contribution in [1.82, 2.24) is 15.3 Å². The number of nitrogen functional groups attached to an aromatic ring is 1. The maximum Gasteiger partial charge on any atom is 0.271 e. The predicted octanol–water partition coefficient (Wildman–Crippen LogP) is 1.71. The Hall–Kier alpha value is -1.30. The highest BCUT2D eigenvalue weighted by Gasteiger charge is 2.25. The van der Waals surface area contributed by atoms with Crippen LogP contribution in [0.25, 0.3) is 0 Å². The Bertz CT molecular complexity index is 399. The van der Waals surface area contributed by atoms with Crippen LogP contribution in [0.4, 0.5) is 5.82 Å². The van der Waals surface area contributed by atoms with Crippen molar-refractivity contribution in [1.29, 1.82) is 0 Å². The molecule has 1 aromatic heterocycles. The molecule has 0 aliphatic heterocycles. The second-order valence-corrected chi connectivity index (χ2v) is 5.38. The number of amides is 1. The smallest absolute Gasteiger partial charge is 0.271 e. The number of carbonyl (C=O) groups is 1. The second kappa shape index (κ2) is 6.58. The van der Waals surface area contributed by atoms with E-state index in [-0.39, 0.29) is 22.2 Å². The molecule has 6 heteroatoms. The summed E-state index contributed by atoms with van der Waals surface area (Å²) in [6, 6.07) is 0. The molecular weight excluding hydrogens is 248 g/mol. The van der Waals surface area contributed by atoms with E-state index in [1.54, 1.807) is 11.8 Å². The second-order valence-electron chi connectivity index (χ2n) is 4.11. The monoisotopic (exact) mass is 268 g/mol. The minimum Gasteiger partial charge on any atom is -0.382 e. The topological polar surface area (TPSA) is 80.9 Å². The number of anilines is 1. The molecule has 1 aromatic rings. The van der Waals surface area contributed by atoms with Gasteiger partial charge in [0.1, 0.15) is 11.5 Å². The van der Waals surface area contributed by atoms with Crippen LogP contribution in [0.15, 0.2) is 12.4 Å². The highest BCUT2D eigenvalue weighted by atomic mass is 32.2. The van der Waals surface area contributed by atoms with Crippen molar-refractivity contribution >= 4 is 23.5 Å². The Morgan fingerprint density at radius 1 is 1.44 bits per heavy atom. The molecule has 1 amide bonds. The van der Waals surface area contributed by atoms with Gasteiger partial charge in [-0.2, -0.15) is 11.8 Å². The lowest BCUT2D eigenvalue weighted by molar-refractivity contribution is 0.0943. The van der Waals surface area contributed by atoms with Crippen LogP contribution in [0.2, 0.25) is 0 Å². The lowest BCUT2D eigenvalue weighted by atomic mass is 10.0. The first kappa shape index (κ1) is 14.8.